The molecule has 1 aromatic carbocycles. The summed E-state index contributed by atoms with van der Waals surface area (Å²) in [7, 11) is 3.50. The lowest BCUT2D eigenvalue weighted by atomic mass is 9.83. The minimum atomic E-state index is -4.68. The van der Waals surface area contributed by atoms with Crippen LogP contribution in [0.2, 0.25) is 0 Å². The van der Waals surface area contributed by atoms with Gasteiger partial charge in [-0.25, -0.2) is 4.98 Å². The van der Waals surface area contributed by atoms with Crippen LogP contribution in [-0.4, -0.2) is 72.1 Å². The minimum absolute atomic E-state index is 0.00936. The predicted octanol–water partition coefficient (Wildman–Crippen LogP) is 4.71. The van der Waals surface area contributed by atoms with Crippen molar-refractivity contribution in [1.82, 2.24) is 25.5 Å². The van der Waals surface area contributed by atoms with Crippen LogP contribution >= 0.6 is 0 Å². The van der Waals surface area contributed by atoms with Crippen LogP contribution in [-0.2, 0) is 11.0 Å². The van der Waals surface area contributed by atoms with E-state index in [9.17, 15) is 22.8 Å². The van der Waals surface area contributed by atoms with Gasteiger partial charge in [0.15, 0.2) is 0 Å². The van der Waals surface area contributed by atoms with Gasteiger partial charge in [-0.1, -0.05) is 19.3 Å². The Kier molecular flexibility index (Phi) is 9.58. The first kappa shape index (κ1) is 30.8. The molecular formula is C30H40F3N7O3. The Morgan fingerprint density at radius 3 is 2.35 bits per heavy atom. The molecule has 2 amide bonds. The molecule has 1 aliphatic heterocycles. The van der Waals surface area contributed by atoms with Crippen molar-refractivity contribution in [3.8, 4) is 5.75 Å². The van der Waals surface area contributed by atoms with Crippen LogP contribution in [0.5, 0.6) is 5.75 Å². The van der Waals surface area contributed by atoms with E-state index in [1.165, 1.54) is 7.11 Å². The predicted molar refractivity (Wildman–Crippen MR) is 156 cm³/mol. The highest BCUT2D eigenvalue weighted by Crippen LogP contribution is 2.36. The van der Waals surface area contributed by atoms with E-state index in [1.54, 1.807) is 18.2 Å². The number of hydrogen-bond acceptors (Lipinski definition) is 8. The molecule has 10 nitrogen and oxygen atoms in total. The molecule has 13 heteroatoms. The summed E-state index contributed by atoms with van der Waals surface area (Å²) in [4.78, 5) is 35.9. The van der Waals surface area contributed by atoms with Gasteiger partial charge in [-0.15, -0.1) is 0 Å². The number of hydrogen-bond donors (Lipinski definition) is 4. The Hall–Kier alpha value is -3.61. The molecule has 0 bridgehead atoms. The monoisotopic (exact) mass is 603 g/mol. The smallest absolute Gasteiger partial charge is 0.421 e. The van der Waals surface area contributed by atoms with Crippen LogP contribution in [0.3, 0.4) is 0 Å². The van der Waals surface area contributed by atoms with E-state index in [0.29, 0.717) is 29.8 Å². The number of carbonyl (C=O) groups excluding carboxylic acids is 2. The lowest BCUT2D eigenvalue weighted by Gasteiger charge is -2.35. The number of ether oxygens (including phenoxy) is 1. The Morgan fingerprint density at radius 1 is 0.977 bits per heavy atom. The summed E-state index contributed by atoms with van der Waals surface area (Å²) < 4.78 is 47.4. The van der Waals surface area contributed by atoms with Crippen molar-refractivity contribution in [3.05, 3.63) is 35.5 Å². The highest BCUT2D eigenvalue weighted by Gasteiger charge is 2.38. The molecule has 43 heavy (non-hydrogen) atoms. The van der Waals surface area contributed by atoms with Crippen molar-refractivity contribution in [2.75, 3.05) is 37.9 Å². The van der Waals surface area contributed by atoms with Crippen molar-refractivity contribution in [2.24, 2.45) is 5.92 Å². The standard InChI is InChI=1S/C30H40F3N7O3/c1-40-14-12-20(13-15-40)35-28(42)19-10-11-24(25(16-19)43-2)38-29-34-17-21(30(31,32)33)26(39-29)36-22-8-3-4-9-23(22)37-27(41)18-6-5-7-18/h10-11,16-18,20,22-23H,3-9,12-15H2,1-2H3,(H,35,42)(H,37,41)(H2,34,36,38,39)/t22?,23-/m1/s1. The molecule has 2 saturated carbocycles. The molecular weight excluding hydrogens is 563 g/mol. The quantitative estimate of drug-likeness (QED) is 0.325. The van der Waals surface area contributed by atoms with Crippen LogP contribution < -0.4 is 26.0 Å². The van der Waals surface area contributed by atoms with E-state index in [4.69, 9.17) is 4.74 Å². The lowest BCUT2D eigenvalue weighted by molar-refractivity contribution is -0.137. The normalized spacial score (nSPS) is 21.9. The molecule has 0 spiro atoms. The number of methoxy groups -OCH3 is 1. The second-order valence-corrected chi connectivity index (χ2v) is 11.8. The van der Waals surface area contributed by atoms with Gasteiger partial charge in [0, 0.05) is 35.8 Å². The van der Waals surface area contributed by atoms with E-state index in [1.807, 2.05) is 0 Å². The van der Waals surface area contributed by atoms with E-state index < -0.39 is 17.8 Å². The lowest BCUT2D eigenvalue weighted by Crippen LogP contribution is -2.51. The van der Waals surface area contributed by atoms with Crippen molar-refractivity contribution in [3.63, 3.8) is 0 Å². The van der Waals surface area contributed by atoms with Gasteiger partial charge in [0.2, 0.25) is 11.9 Å². The molecule has 2 atom stereocenters. The van der Waals surface area contributed by atoms with Crippen LogP contribution in [0.25, 0.3) is 0 Å². The number of nitrogens with zero attached hydrogens (tertiary/aromatic N) is 3. The van der Waals surface area contributed by atoms with Gasteiger partial charge in [-0.2, -0.15) is 18.2 Å². The molecule has 0 radical (unpaired) electrons. The zero-order valence-electron chi connectivity index (χ0n) is 24.6. The van der Waals surface area contributed by atoms with Crippen LogP contribution in [0.4, 0.5) is 30.6 Å². The summed E-state index contributed by atoms with van der Waals surface area (Å²) in [6, 6.07) is 4.21. The third-order valence-electron chi connectivity index (χ3n) is 8.75. The Balaban J connectivity index is 1.32. The van der Waals surface area contributed by atoms with Crippen LogP contribution in [0.15, 0.2) is 24.4 Å². The summed E-state index contributed by atoms with van der Waals surface area (Å²) >= 11 is 0. The molecule has 2 heterocycles. The van der Waals surface area contributed by atoms with Gasteiger partial charge < -0.3 is 30.9 Å². The van der Waals surface area contributed by atoms with Gasteiger partial charge >= 0.3 is 6.18 Å². The number of aromatic nitrogens is 2. The molecule has 3 aliphatic rings. The molecule has 1 aromatic heterocycles. The summed E-state index contributed by atoms with van der Waals surface area (Å²) in [5, 5.41) is 12.1. The molecule has 2 aromatic rings. The third-order valence-corrected chi connectivity index (χ3v) is 8.75. The zero-order valence-corrected chi connectivity index (χ0v) is 24.6. The fourth-order valence-electron chi connectivity index (χ4n) is 5.86. The molecule has 1 saturated heterocycles. The summed E-state index contributed by atoms with van der Waals surface area (Å²) in [6.45, 7) is 1.83. The largest absolute Gasteiger partial charge is 0.495 e. The van der Waals surface area contributed by atoms with Gasteiger partial charge in [-0.3, -0.25) is 9.59 Å². The van der Waals surface area contributed by atoms with Crippen molar-refractivity contribution >= 4 is 29.3 Å². The van der Waals surface area contributed by atoms with Gasteiger partial charge in [0.1, 0.15) is 17.1 Å². The third kappa shape index (κ3) is 7.67. The maximum atomic E-state index is 14.0. The molecule has 5 rings (SSSR count). The van der Waals surface area contributed by atoms with Crippen molar-refractivity contribution in [1.29, 1.82) is 0 Å². The summed E-state index contributed by atoms with van der Waals surface area (Å²) in [5.41, 5.74) is -0.183. The SMILES string of the molecule is COc1cc(C(=O)NC2CCN(C)CC2)ccc1Nc1ncc(C(F)(F)F)c(NC2CCCC[C@H]2NC(=O)C2CCC2)n1. The van der Waals surface area contributed by atoms with E-state index in [2.05, 4.69) is 43.2 Å². The minimum Gasteiger partial charge on any atom is -0.495 e. The first-order chi connectivity index (χ1) is 20.6. The number of likely N-dealkylation sites (tertiary alicyclic amines) is 1. The highest BCUT2D eigenvalue weighted by molar-refractivity contribution is 5.95. The molecule has 234 valence electrons. The fourth-order valence-corrected chi connectivity index (χ4v) is 5.86. The van der Waals surface area contributed by atoms with Crippen molar-refractivity contribution in [2.45, 2.75) is 82.1 Å². The van der Waals surface area contributed by atoms with Crippen LogP contribution in [0, 0.1) is 5.92 Å². The van der Waals surface area contributed by atoms with Crippen molar-refractivity contribution < 1.29 is 27.5 Å². The Labute approximate surface area is 249 Å². The Morgan fingerprint density at radius 2 is 1.70 bits per heavy atom. The fraction of sp³-hybridized carbons (Fsp3) is 0.600. The molecule has 4 N–H and O–H groups in total. The van der Waals surface area contributed by atoms with Gasteiger partial charge in [0.05, 0.1) is 12.8 Å². The number of piperidine rings is 1. The number of amides is 2. The van der Waals surface area contributed by atoms with E-state index in [0.717, 1.165) is 64.2 Å². The zero-order chi connectivity index (χ0) is 30.6. The second-order valence-electron chi connectivity index (χ2n) is 11.8. The number of nitrogens with one attached hydrogen (secondary N) is 4. The van der Waals surface area contributed by atoms with Gasteiger partial charge in [-0.05, 0) is 76.9 Å². The van der Waals surface area contributed by atoms with Crippen LogP contribution in [0.1, 0.15) is 73.7 Å². The molecule has 1 unspecified atom stereocenters. The first-order valence-corrected chi connectivity index (χ1v) is 15.1. The maximum absolute atomic E-state index is 14.0. The second kappa shape index (κ2) is 13.4. The summed E-state index contributed by atoms with van der Waals surface area (Å²) in [5.74, 6) is -0.356. The van der Waals surface area contributed by atoms with Gasteiger partial charge in [0.25, 0.3) is 5.91 Å². The Bertz CT molecular complexity index is 1300. The summed E-state index contributed by atoms with van der Waals surface area (Å²) in [6.07, 6.45) is 3.55. The molecule has 3 fully saturated rings. The van der Waals surface area contributed by atoms with E-state index >= 15 is 0 Å². The topological polar surface area (TPSA) is 121 Å². The number of carbonyl (C=O) groups is 2. The number of alkyl halides is 3. The number of anilines is 3. The average molecular weight is 604 g/mol. The highest BCUT2D eigenvalue weighted by atomic mass is 19.4. The number of benzene rings is 1. The number of rotatable bonds is 9. The average Bonchev–Trinajstić information content (AvgIpc) is 2.94. The van der Waals surface area contributed by atoms with E-state index in [-0.39, 0.29) is 41.6 Å². The maximum Gasteiger partial charge on any atom is 0.421 e. The molecule has 2 aliphatic carbocycles. The first-order valence-electron chi connectivity index (χ1n) is 15.1. The number of halogens is 3.